The van der Waals surface area contributed by atoms with Gasteiger partial charge in [-0.1, -0.05) is 36.2 Å². The number of nitrogens with one attached hydrogen (secondary N) is 2. The summed E-state index contributed by atoms with van der Waals surface area (Å²) in [7, 11) is 1.53. The van der Waals surface area contributed by atoms with Gasteiger partial charge in [-0.2, -0.15) is 0 Å². The minimum Gasteiger partial charge on any atom is -0.402 e. The van der Waals surface area contributed by atoms with E-state index in [0.717, 1.165) is 17.6 Å². The molecule has 6 nitrogen and oxygen atoms in total. The minimum absolute atomic E-state index is 0.0902. The number of amides is 1. The third-order valence-corrected chi connectivity index (χ3v) is 5.04. The van der Waals surface area contributed by atoms with Crippen molar-refractivity contribution in [3.8, 4) is 0 Å². The molecule has 0 saturated carbocycles. The SMILES string of the molecule is CC/C(C)=C(/NCc1ccc(Cl)c(Cl)c1)NC(=O)C(=NC)C(C)=C(N)CCO. The van der Waals surface area contributed by atoms with Crippen LogP contribution >= 0.6 is 23.2 Å². The molecule has 0 atom stereocenters. The maximum atomic E-state index is 12.8. The number of aliphatic imine (C=N–C) groups is 1. The van der Waals surface area contributed by atoms with E-state index < -0.39 is 0 Å². The highest BCUT2D eigenvalue weighted by molar-refractivity contribution is 6.45. The molecule has 0 spiro atoms. The number of halogens is 2. The zero-order chi connectivity index (χ0) is 21.3. The highest BCUT2D eigenvalue weighted by Crippen LogP contribution is 2.22. The van der Waals surface area contributed by atoms with Crippen LogP contribution in [-0.2, 0) is 11.3 Å². The van der Waals surface area contributed by atoms with Crippen LogP contribution in [0.5, 0.6) is 0 Å². The van der Waals surface area contributed by atoms with Gasteiger partial charge in [0.25, 0.3) is 5.91 Å². The normalized spacial score (nSPS) is 13.6. The quantitative estimate of drug-likeness (QED) is 0.453. The van der Waals surface area contributed by atoms with Crippen LogP contribution in [-0.4, -0.2) is 30.4 Å². The maximum absolute atomic E-state index is 12.8. The second-order valence-electron chi connectivity index (χ2n) is 6.26. The monoisotopic (exact) mass is 426 g/mol. The van der Waals surface area contributed by atoms with Gasteiger partial charge in [-0.15, -0.1) is 0 Å². The summed E-state index contributed by atoms with van der Waals surface area (Å²) in [6.45, 7) is 6.02. The summed E-state index contributed by atoms with van der Waals surface area (Å²) in [5.41, 5.74) is 9.04. The Bertz CT molecular complexity index is 801. The molecule has 154 valence electrons. The van der Waals surface area contributed by atoms with Crippen molar-refractivity contribution in [3.63, 3.8) is 0 Å². The van der Waals surface area contributed by atoms with Crippen LogP contribution in [0.15, 0.2) is 45.9 Å². The predicted molar refractivity (Wildman–Crippen MR) is 116 cm³/mol. The summed E-state index contributed by atoms with van der Waals surface area (Å²) >= 11 is 12.0. The lowest BCUT2D eigenvalue weighted by Crippen LogP contribution is -2.37. The highest BCUT2D eigenvalue weighted by atomic mass is 35.5. The Morgan fingerprint density at radius 3 is 2.46 bits per heavy atom. The van der Waals surface area contributed by atoms with Crippen molar-refractivity contribution < 1.29 is 9.90 Å². The van der Waals surface area contributed by atoms with Crippen molar-refractivity contribution >= 4 is 34.8 Å². The van der Waals surface area contributed by atoms with Crippen molar-refractivity contribution in [1.29, 1.82) is 0 Å². The van der Waals surface area contributed by atoms with Crippen LogP contribution in [0.1, 0.15) is 39.2 Å². The fraction of sp³-hybridized carbons (Fsp3) is 0.400. The summed E-state index contributed by atoms with van der Waals surface area (Å²) in [6, 6.07) is 5.37. The summed E-state index contributed by atoms with van der Waals surface area (Å²) < 4.78 is 0. The third-order valence-electron chi connectivity index (χ3n) is 4.31. The Kier molecular flexibility index (Phi) is 10.1. The van der Waals surface area contributed by atoms with E-state index in [1.54, 1.807) is 19.1 Å². The van der Waals surface area contributed by atoms with E-state index in [1.807, 2.05) is 19.9 Å². The van der Waals surface area contributed by atoms with Gasteiger partial charge in [-0.3, -0.25) is 9.79 Å². The molecule has 0 aliphatic rings. The van der Waals surface area contributed by atoms with Crippen LogP contribution < -0.4 is 16.4 Å². The molecule has 1 amide bonds. The Balaban J connectivity index is 2.98. The fourth-order valence-electron chi connectivity index (χ4n) is 2.39. The molecule has 0 heterocycles. The lowest BCUT2D eigenvalue weighted by Gasteiger charge is -2.17. The van der Waals surface area contributed by atoms with Gasteiger partial charge in [0.2, 0.25) is 0 Å². The lowest BCUT2D eigenvalue weighted by atomic mass is 10.1. The van der Waals surface area contributed by atoms with E-state index in [4.69, 9.17) is 34.0 Å². The van der Waals surface area contributed by atoms with Gasteiger partial charge >= 0.3 is 0 Å². The average molecular weight is 427 g/mol. The van der Waals surface area contributed by atoms with Crippen LogP contribution in [0.25, 0.3) is 0 Å². The molecule has 1 aromatic carbocycles. The van der Waals surface area contributed by atoms with E-state index in [-0.39, 0.29) is 24.6 Å². The molecule has 0 saturated heterocycles. The first-order chi connectivity index (χ1) is 13.2. The van der Waals surface area contributed by atoms with Gasteiger partial charge in [-0.25, -0.2) is 0 Å². The van der Waals surface area contributed by atoms with Gasteiger partial charge in [0.05, 0.1) is 10.0 Å². The van der Waals surface area contributed by atoms with Gasteiger partial charge in [-0.05, 0) is 49.1 Å². The van der Waals surface area contributed by atoms with Gasteiger partial charge in [0.15, 0.2) is 0 Å². The van der Waals surface area contributed by atoms with Crippen LogP contribution in [0, 0.1) is 0 Å². The number of carbonyl (C=O) groups excluding carboxylic acids is 1. The van der Waals surface area contributed by atoms with E-state index in [9.17, 15) is 4.79 Å². The number of aliphatic hydroxyl groups is 1. The van der Waals surface area contributed by atoms with Gasteiger partial charge < -0.3 is 21.5 Å². The predicted octanol–water partition coefficient (Wildman–Crippen LogP) is 3.53. The number of nitrogens with two attached hydrogens (primary N) is 1. The molecule has 1 aromatic rings. The number of benzene rings is 1. The second kappa shape index (κ2) is 11.7. The van der Waals surface area contributed by atoms with E-state index in [2.05, 4.69) is 15.6 Å². The molecule has 28 heavy (non-hydrogen) atoms. The second-order valence-corrected chi connectivity index (χ2v) is 7.08. The number of rotatable bonds is 9. The summed E-state index contributed by atoms with van der Waals surface area (Å²) in [5.74, 6) is 0.235. The molecule has 8 heteroatoms. The average Bonchev–Trinajstić information content (AvgIpc) is 2.67. The Morgan fingerprint density at radius 1 is 1.25 bits per heavy atom. The number of hydrogen-bond donors (Lipinski definition) is 4. The Hall–Kier alpha value is -2.02. The van der Waals surface area contributed by atoms with Crippen LogP contribution in [0.4, 0.5) is 0 Å². The molecule has 0 bridgehead atoms. The topological polar surface area (TPSA) is 99.7 Å². The Morgan fingerprint density at radius 2 is 1.93 bits per heavy atom. The zero-order valence-corrected chi connectivity index (χ0v) is 18.2. The Labute approximate surface area is 176 Å². The number of allylic oxidation sites excluding steroid dienone is 1. The number of hydrogen-bond acceptors (Lipinski definition) is 5. The van der Waals surface area contributed by atoms with Crippen molar-refractivity contribution in [2.75, 3.05) is 13.7 Å². The van der Waals surface area contributed by atoms with Crippen molar-refractivity contribution in [1.82, 2.24) is 10.6 Å². The lowest BCUT2D eigenvalue weighted by molar-refractivity contribution is -0.114. The molecule has 0 unspecified atom stereocenters. The molecular weight excluding hydrogens is 399 g/mol. The summed E-state index contributed by atoms with van der Waals surface area (Å²) in [4.78, 5) is 16.8. The number of aliphatic hydroxyl groups excluding tert-OH is 1. The van der Waals surface area contributed by atoms with Gasteiger partial charge in [0, 0.05) is 32.3 Å². The molecule has 1 rings (SSSR count). The largest absolute Gasteiger partial charge is 0.402 e. The molecule has 0 aliphatic heterocycles. The summed E-state index contributed by atoms with van der Waals surface area (Å²) in [6.07, 6.45) is 1.04. The zero-order valence-electron chi connectivity index (χ0n) is 16.7. The molecule has 0 radical (unpaired) electrons. The highest BCUT2D eigenvalue weighted by Gasteiger charge is 2.17. The molecule has 0 aliphatic carbocycles. The fourth-order valence-corrected chi connectivity index (χ4v) is 2.71. The first-order valence-electron chi connectivity index (χ1n) is 8.97. The molecule has 0 aromatic heterocycles. The smallest absolute Gasteiger partial charge is 0.275 e. The molecule has 0 fully saturated rings. The van der Waals surface area contributed by atoms with E-state index in [0.29, 0.717) is 33.7 Å². The third kappa shape index (κ3) is 6.86. The molecular formula is C20H28Cl2N4O2. The number of carbonyl (C=O) groups is 1. The van der Waals surface area contributed by atoms with E-state index in [1.165, 1.54) is 7.05 Å². The van der Waals surface area contributed by atoms with Crippen molar-refractivity contribution in [2.24, 2.45) is 10.7 Å². The maximum Gasteiger partial charge on any atom is 0.275 e. The van der Waals surface area contributed by atoms with Crippen molar-refractivity contribution in [3.05, 3.63) is 56.5 Å². The van der Waals surface area contributed by atoms with Gasteiger partial charge in [0.1, 0.15) is 11.5 Å². The molecule has 5 N–H and O–H groups in total. The standard InChI is InChI=1S/C20H28Cl2N4O2/c1-5-12(2)19(25-11-14-6-7-15(21)16(22)10-14)26-20(28)18(24-4)13(3)17(23)8-9-27/h6-7,10,25,27H,5,8-9,11,23H2,1-4H3,(H,26,28)/b17-13?,19-12-,24-18?. The van der Waals surface area contributed by atoms with Crippen LogP contribution in [0.2, 0.25) is 10.0 Å². The summed E-state index contributed by atoms with van der Waals surface area (Å²) in [5, 5.41) is 16.1. The van der Waals surface area contributed by atoms with E-state index >= 15 is 0 Å². The van der Waals surface area contributed by atoms with Crippen LogP contribution in [0.3, 0.4) is 0 Å². The number of nitrogens with zero attached hydrogens (tertiary/aromatic N) is 1. The minimum atomic E-state index is -0.370. The first-order valence-corrected chi connectivity index (χ1v) is 9.72. The van der Waals surface area contributed by atoms with Crippen molar-refractivity contribution in [2.45, 2.75) is 40.2 Å². The first kappa shape index (κ1) is 24.0.